The van der Waals surface area contributed by atoms with E-state index in [-0.39, 0.29) is 52.4 Å². The molecule has 1 rings (SSSR count). The number of rotatable bonds is 4. The van der Waals surface area contributed by atoms with Gasteiger partial charge < -0.3 is 19.3 Å². The van der Waals surface area contributed by atoms with Gasteiger partial charge in [-0.2, -0.15) is 0 Å². The molecule has 1 aromatic rings. The molecule has 0 heterocycles. The minimum atomic E-state index is -1.34. The van der Waals surface area contributed by atoms with Gasteiger partial charge in [0.15, 0.2) is 11.5 Å². The number of benzene rings is 1. The Balaban J connectivity index is 0.00000441. The fraction of sp³-hybridized carbons (Fsp3) is 0.231. The summed E-state index contributed by atoms with van der Waals surface area (Å²) in [6.45, 7) is 3.24. The van der Waals surface area contributed by atoms with Gasteiger partial charge in [-0.05, 0) is 12.1 Å². The summed E-state index contributed by atoms with van der Waals surface area (Å²) in [5, 5.41) is 8.99. The van der Waals surface area contributed by atoms with E-state index in [2.05, 4.69) is 0 Å². The quantitative estimate of drug-likeness (QED) is 0.484. The summed E-state index contributed by atoms with van der Waals surface area (Å²) in [7, 11) is 0. The molecule has 1 aromatic carbocycles. The van der Waals surface area contributed by atoms with Crippen molar-refractivity contribution < 1.29 is 38.5 Å². The standard InChI is InChI=1S/C13H12O8.Na.H/c1-6(14)19-10-4-9(13(17)18)5-11(20-7(2)15)12(10)21-8(3)16;;/h4-5H,1-3H3,(H,17,18);;. The normalized spacial score (nSPS) is 9.23. The van der Waals surface area contributed by atoms with Crippen LogP contribution in [0, 0.1) is 0 Å². The first-order chi connectivity index (χ1) is 9.70. The average Bonchev–Trinajstić information content (AvgIpc) is 2.30. The van der Waals surface area contributed by atoms with Crippen LogP contribution in [0.3, 0.4) is 0 Å². The van der Waals surface area contributed by atoms with Gasteiger partial charge in [0, 0.05) is 20.8 Å². The first-order valence-corrected chi connectivity index (χ1v) is 5.67. The monoisotopic (exact) mass is 320 g/mol. The molecule has 9 heteroatoms. The second-order valence-corrected chi connectivity index (χ2v) is 3.89. The minimum absolute atomic E-state index is 0. The van der Waals surface area contributed by atoms with Gasteiger partial charge in [0.2, 0.25) is 5.75 Å². The van der Waals surface area contributed by atoms with Crippen LogP contribution >= 0.6 is 0 Å². The fourth-order valence-corrected chi connectivity index (χ4v) is 1.41. The summed E-state index contributed by atoms with van der Waals surface area (Å²) in [6, 6.07) is 1.96. The van der Waals surface area contributed by atoms with Crippen LogP contribution in [0.25, 0.3) is 0 Å². The number of hydrogen-bond donors (Lipinski definition) is 1. The number of ether oxygens (including phenoxy) is 3. The molecule has 1 N–H and O–H groups in total. The molecule has 0 saturated heterocycles. The number of carboxylic acid groups (broad SMARTS) is 1. The van der Waals surface area contributed by atoms with Crippen LogP contribution in [-0.2, 0) is 14.4 Å². The van der Waals surface area contributed by atoms with Crippen molar-refractivity contribution in [2.24, 2.45) is 0 Å². The zero-order valence-electron chi connectivity index (χ0n) is 11.5. The van der Waals surface area contributed by atoms with Crippen LogP contribution in [0.2, 0.25) is 0 Å². The molecule has 22 heavy (non-hydrogen) atoms. The van der Waals surface area contributed by atoms with E-state index in [9.17, 15) is 19.2 Å². The Bertz CT molecular complexity index is 585. The van der Waals surface area contributed by atoms with Gasteiger partial charge in [-0.3, -0.25) is 14.4 Å². The van der Waals surface area contributed by atoms with Gasteiger partial charge in [0.1, 0.15) is 0 Å². The van der Waals surface area contributed by atoms with E-state index in [0.29, 0.717) is 0 Å². The van der Waals surface area contributed by atoms with Crippen molar-refractivity contribution in [1.29, 1.82) is 0 Å². The van der Waals surface area contributed by atoms with E-state index >= 15 is 0 Å². The van der Waals surface area contributed by atoms with Crippen molar-refractivity contribution in [3.8, 4) is 17.2 Å². The van der Waals surface area contributed by atoms with E-state index in [1.807, 2.05) is 0 Å². The number of aromatic carboxylic acids is 1. The Hall–Kier alpha value is -1.90. The van der Waals surface area contributed by atoms with Gasteiger partial charge in [-0.15, -0.1) is 0 Å². The second kappa shape index (κ2) is 8.52. The number of hydrogen-bond acceptors (Lipinski definition) is 7. The zero-order chi connectivity index (χ0) is 16.2. The first kappa shape index (κ1) is 20.1. The molecule has 0 bridgehead atoms. The number of carbonyl (C=O) groups is 4. The molecular weight excluding hydrogens is 307 g/mol. The van der Waals surface area contributed by atoms with Gasteiger partial charge >= 0.3 is 53.4 Å². The molecule has 0 radical (unpaired) electrons. The summed E-state index contributed by atoms with van der Waals surface area (Å²) in [6.07, 6.45) is 0. The van der Waals surface area contributed by atoms with E-state index in [0.717, 1.165) is 32.9 Å². The molecule has 0 atom stereocenters. The Kier molecular flexibility index (Phi) is 7.78. The van der Waals surface area contributed by atoms with E-state index < -0.39 is 23.9 Å². The number of esters is 3. The van der Waals surface area contributed by atoms with Crippen LogP contribution in [0.15, 0.2) is 12.1 Å². The van der Waals surface area contributed by atoms with Crippen molar-refractivity contribution in [2.45, 2.75) is 20.8 Å². The number of carbonyl (C=O) groups excluding carboxylic acids is 3. The van der Waals surface area contributed by atoms with Crippen LogP contribution in [0.4, 0.5) is 0 Å². The molecule has 0 aliphatic heterocycles. The maximum absolute atomic E-state index is 11.1. The predicted octanol–water partition coefficient (Wildman–Crippen LogP) is 0.512. The van der Waals surface area contributed by atoms with Crippen molar-refractivity contribution in [1.82, 2.24) is 0 Å². The molecule has 0 spiro atoms. The van der Waals surface area contributed by atoms with Crippen molar-refractivity contribution in [3.63, 3.8) is 0 Å². The topological polar surface area (TPSA) is 116 Å². The summed E-state index contributed by atoms with van der Waals surface area (Å²) in [4.78, 5) is 44.2. The Labute approximate surface area is 147 Å². The van der Waals surface area contributed by atoms with Crippen LogP contribution in [-0.4, -0.2) is 58.5 Å². The van der Waals surface area contributed by atoms with Crippen molar-refractivity contribution in [2.75, 3.05) is 0 Å². The maximum atomic E-state index is 11.1. The molecule has 0 aliphatic rings. The SMILES string of the molecule is CC(=O)Oc1cc(C(=O)O)cc(OC(C)=O)c1OC(C)=O.[NaH]. The van der Waals surface area contributed by atoms with Gasteiger partial charge in [0.05, 0.1) is 5.56 Å². The fourth-order valence-electron chi connectivity index (χ4n) is 1.41. The van der Waals surface area contributed by atoms with Crippen LogP contribution < -0.4 is 14.2 Å². The summed E-state index contributed by atoms with van der Waals surface area (Å²) in [5.74, 6) is -4.66. The molecular formula is C13H13NaO8. The Morgan fingerprint density at radius 2 is 1.18 bits per heavy atom. The Morgan fingerprint density at radius 3 is 1.45 bits per heavy atom. The molecule has 0 aliphatic carbocycles. The predicted molar refractivity (Wildman–Crippen MR) is 74.5 cm³/mol. The molecule has 8 nitrogen and oxygen atoms in total. The molecule has 114 valence electrons. The third-order valence-corrected chi connectivity index (χ3v) is 2.02. The van der Waals surface area contributed by atoms with Crippen molar-refractivity contribution >= 4 is 53.4 Å². The summed E-state index contributed by atoms with van der Waals surface area (Å²) < 4.78 is 14.4. The summed E-state index contributed by atoms with van der Waals surface area (Å²) >= 11 is 0. The Morgan fingerprint density at radius 1 is 0.818 bits per heavy atom. The molecule has 0 aromatic heterocycles. The van der Waals surface area contributed by atoms with E-state index in [4.69, 9.17) is 19.3 Å². The van der Waals surface area contributed by atoms with Crippen molar-refractivity contribution in [3.05, 3.63) is 17.7 Å². The van der Waals surface area contributed by atoms with Crippen LogP contribution in [0.1, 0.15) is 31.1 Å². The first-order valence-electron chi connectivity index (χ1n) is 5.67. The molecule has 0 unspecified atom stereocenters. The third kappa shape index (κ3) is 5.84. The van der Waals surface area contributed by atoms with E-state index in [1.54, 1.807) is 0 Å². The number of carboxylic acids is 1. The summed E-state index contributed by atoms with van der Waals surface area (Å²) in [5.41, 5.74) is -0.307. The molecule has 0 saturated carbocycles. The van der Waals surface area contributed by atoms with Crippen LogP contribution in [0.5, 0.6) is 17.2 Å². The van der Waals surface area contributed by atoms with Gasteiger partial charge in [-0.1, -0.05) is 0 Å². The van der Waals surface area contributed by atoms with E-state index in [1.165, 1.54) is 0 Å². The molecule has 0 amide bonds. The second-order valence-electron chi connectivity index (χ2n) is 3.89. The zero-order valence-corrected chi connectivity index (χ0v) is 11.5. The third-order valence-electron chi connectivity index (χ3n) is 2.02. The van der Waals surface area contributed by atoms with Gasteiger partial charge in [0.25, 0.3) is 0 Å². The average molecular weight is 320 g/mol. The molecule has 0 fully saturated rings. The van der Waals surface area contributed by atoms with Gasteiger partial charge in [-0.25, -0.2) is 4.79 Å².